The van der Waals surface area contributed by atoms with E-state index in [4.69, 9.17) is 19.3 Å². The molecule has 1 saturated heterocycles. The van der Waals surface area contributed by atoms with Crippen LogP contribution < -0.4 is 9.64 Å². The Labute approximate surface area is 276 Å². The molecule has 0 amide bonds. The van der Waals surface area contributed by atoms with E-state index in [2.05, 4.69) is 18.7 Å². The number of hydrogen-bond donors (Lipinski definition) is 1. The molecule has 0 spiro atoms. The normalized spacial score (nSPS) is 21.3. The zero-order valence-corrected chi connectivity index (χ0v) is 28.3. The molecule has 7 rings (SSSR count). The summed E-state index contributed by atoms with van der Waals surface area (Å²) in [4.78, 5) is 15.1. The quantitative estimate of drug-likeness (QED) is 0.241. The first-order valence-electron chi connectivity index (χ1n) is 16.7. The molecule has 8 nitrogen and oxygen atoms in total. The summed E-state index contributed by atoms with van der Waals surface area (Å²) in [6, 6.07) is 14.5. The highest BCUT2D eigenvalue weighted by Crippen LogP contribution is 2.42. The maximum Gasteiger partial charge on any atom is 0.337 e. The average molecular weight is 644 g/mol. The van der Waals surface area contributed by atoms with Gasteiger partial charge in [-0.05, 0) is 108 Å². The Kier molecular flexibility index (Phi) is 9.06. The number of pyridine rings is 1. The molecule has 0 saturated carbocycles. The van der Waals surface area contributed by atoms with E-state index in [0.717, 1.165) is 59.3 Å². The second kappa shape index (κ2) is 12.9. The number of halogens is 1. The minimum Gasteiger partial charge on any atom is -0.493 e. The fraction of sp³-hybridized carbons (Fsp3) is 0.474. The molecule has 1 N–H and O–H groups in total. The van der Waals surface area contributed by atoms with E-state index >= 15 is 0 Å². The Morgan fingerprint density at radius 3 is 2.60 bits per heavy atom. The van der Waals surface area contributed by atoms with Crippen LogP contribution in [0.5, 0.6) is 5.75 Å². The fourth-order valence-electron chi connectivity index (χ4n) is 6.75. The second-order valence-corrected chi connectivity index (χ2v) is 14.4. The molecule has 3 aliphatic heterocycles. The lowest BCUT2D eigenvalue weighted by Crippen LogP contribution is -2.45. The molecule has 4 aromatic rings. The third-order valence-corrected chi connectivity index (χ3v) is 9.30. The van der Waals surface area contributed by atoms with Gasteiger partial charge >= 0.3 is 5.97 Å². The Balaban J connectivity index is 1.53. The molecule has 2 aromatic carbocycles. The van der Waals surface area contributed by atoms with E-state index in [0.29, 0.717) is 49.1 Å². The molecule has 0 aliphatic carbocycles. The highest BCUT2D eigenvalue weighted by molar-refractivity contribution is 5.87. The molecule has 5 heterocycles. The summed E-state index contributed by atoms with van der Waals surface area (Å²) < 4.78 is 35.5. The zero-order valence-electron chi connectivity index (χ0n) is 28.3. The Morgan fingerprint density at radius 2 is 1.87 bits per heavy atom. The van der Waals surface area contributed by atoms with Crippen molar-refractivity contribution in [3.8, 4) is 28.1 Å². The van der Waals surface area contributed by atoms with Gasteiger partial charge in [0.1, 0.15) is 11.6 Å². The van der Waals surface area contributed by atoms with Crippen LogP contribution in [0, 0.1) is 18.7 Å². The molecule has 0 unspecified atom stereocenters. The summed E-state index contributed by atoms with van der Waals surface area (Å²) in [5.74, 6) is -0.433. The predicted octanol–water partition coefficient (Wildman–Crippen LogP) is 8.24. The fourth-order valence-corrected chi connectivity index (χ4v) is 6.75. The van der Waals surface area contributed by atoms with Gasteiger partial charge in [0.05, 0.1) is 34.7 Å². The van der Waals surface area contributed by atoms with Crippen molar-refractivity contribution in [3.05, 3.63) is 71.7 Å². The molecule has 3 aliphatic rings. The van der Waals surface area contributed by atoms with E-state index in [1.165, 1.54) is 12.1 Å². The number of carboxylic acids is 1. The molecule has 47 heavy (non-hydrogen) atoms. The SMILES string of the molecule is Cc1cn2nc3cc2c(c1[C@H](OC(C)(C)C)C(=O)O)N1CCC(C)(CC1)OCCC[C@H](C)COc1ccc(F)cc1-c1cccc-3c1. The van der Waals surface area contributed by atoms with E-state index in [9.17, 15) is 14.3 Å². The first-order chi connectivity index (χ1) is 22.3. The Hall–Kier alpha value is -3.95. The van der Waals surface area contributed by atoms with Gasteiger partial charge in [0, 0.05) is 42.6 Å². The number of aliphatic carboxylic acids is 1. The predicted molar refractivity (Wildman–Crippen MR) is 182 cm³/mol. The first kappa shape index (κ1) is 33.0. The first-order valence-corrected chi connectivity index (χ1v) is 16.7. The number of carboxylic acid groups (broad SMARTS) is 1. The monoisotopic (exact) mass is 643 g/mol. The number of piperidine rings is 1. The smallest absolute Gasteiger partial charge is 0.337 e. The van der Waals surface area contributed by atoms with Crippen LogP contribution in [-0.2, 0) is 14.3 Å². The summed E-state index contributed by atoms with van der Waals surface area (Å²) in [6.07, 6.45) is 4.19. The van der Waals surface area contributed by atoms with Gasteiger partial charge < -0.3 is 24.2 Å². The van der Waals surface area contributed by atoms with Gasteiger partial charge in [0.2, 0.25) is 0 Å². The van der Waals surface area contributed by atoms with Gasteiger partial charge in [0.15, 0.2) is 6.10 Å². The molecule has 0 radical (unpaired) electrons. The minimum atomic E-state index is -1.17. The summed E-state index contributed by atoms with van der Waals surface area (Å²) >= 11 is 0. The van der Waals surface area contributed by atoms with E-state index in [1.54, 1.807) is 6.07 Å². The maximum absolute atomic E-state index is 14.6. The van der Waals surface area contributed by atoms with Crippen molar-refractivity contribution in [1.29, 1.82) is 0 Å². The molecular formula is C38H46FN3O5. The van der Waals surface area contributed by atoms with Gasteiger partial charge in [-0.25, -0.2) is 13.7 Å². The van der Waals surface area contributed by atoms with Crippen molar-refractivity contribution in [3.63, 3.8) is 0 Å². The number of carbonyl (C=O) groups is 1. The summed E-state index contributed by atoms with van der Waals surface area (Å²) in [6.45, 7) is 14.5. The van der Waals surface area contributed by atoms with Gasteiger partial charge in [-0.15, -0.1) is 0 Å². The Bertz CT molecular complexity index is 1770. The maximum atomic E-state index is 14.6. The highest BCUT2D eigenvalue weighted by atomic mass is 19.1. The lowest BCUT2D eigenvalue weighted by atomic mass is 9.91. The summed E-state index contributed by atoms with van der Waals surface area (Å²) in [7, 11) is 0. The van der Waals surface area contributed by atoms with Crippen LogP contribution in [0.15, 0.2) is 54.7 Å². The topological polar surface area (TPSA) is 85.5 Å². The van der Waals surface area contributed by atoms with E-state index in [1.807, 2.05) is 68.7 Å². The third-order valence-electron chi connectivity index (χ3n) is 9.30. The average Bonchev–Trinajstić information content (AvgIpc) is 3.44. The number of fused-ring (bicyclic) bond motifs is 8. The number of nitrogens with zero attached hydrogens (tertiary/aromatic N) is 3. The van der Waals surface area contributed by atoms with Crippen molar-refractivity contribution in [1.82, 2.24) is 9.61 Å². The van der Waals surface area contributed by atoms with Crippen LogP contribution in [0.1, 0.15) is 77.5 Å². The van der Waals surface area contributed by atoms with Gasteiger partial charge in [-0.2, -0.15) is 5.10 Å². The minimum absolute atomic E-state index is 0.277. The van der Waals surface area contributed by atoms with Crippen molar-refractivity contribution in [2.75, 3.05) is 31.2 Å². The van der Waals surface area contributed by atoms with Crippen LogP contribution in [-0.4, -0.2) is 58.2 Å². The molecular weight excluding hydrogens is 597 g/mol. The molecule has 6 bridgehead atoms. The van der Waals surface area contributed by atoms with Crippen LogP contribution in [0.4, 0.5) is 10.1 Å². The molecule has 250 valence electrons. The molecule has 2 atom stereocenters. The lowest BCUT2D eigenvalue weighted by molar-refractivity contribution is -0.160. The third kappa shape index (κ3) is 7.16. The zero-order chi connectivity index (χ0) is 33.5. The Morgan fingerprint density at radius 1 is 1.13 bits per heavy atom. The standard InChI is InChI=1S/C38H46FN3O5/c1-24-9-8-18-46-38(6)14-16-41(17-15-38)34-31-21-30(40-42(31)22-25(2)33(34)35(36(43)44)47-37(3,4)5)27-11-7-10-26(19-27)29-20-28(39)12-13-32(29)45-23-24/h7,10-13,19-22,24,35H,8-9,14-18,23H2,1-6H3,(H,43,44)/t24-,35-/m0/s1. The largest absolute Gasteiger partial charge is 0.493 e. The van der Waals surface area contributed by atoms with E-state index in [-0.39, 0.29) is 11.4 Å². The van der Waals surface area contributed by atoms with Crippen LogP contribution in [0.3, 0.4) is 0 Å². The summed E-state index contributed by atoms with van der Waals surface area (Å²) in [5.41, 5.74) is 5.17. The van der Waals surface area contributed by atoms with Crippen molar-refractivity contribution in [2.45, 2.75) is 84.5 Å². The second-order valence-electron chi connectivity index (χ2n) is 14.4. The van der Waals surface area contributed by atoms with Crippen LogP contribution in [0.2, 0.25) is 0 Å². The number of rotatable bonds is 3. The van der Waals surface area contributed by atoms with Crippen molar-refractivity contribution >= 4 is 17.2 Å². The number of aryl methyl sites for hydroxylation is 1. The lowest BCUT2D eigenvalue weighted by Gasteiger charge is -2.42. The molecule has 2 aromatic heterocycles. The van der Waals surface area contributed by atoms with Crippen molar-refractivity contribution in [2.24, 2.45) is 5.92 Å². The molecule has 1 fully saturated rings. The highest BCUT2D eigenvalue weighted by Gasteiger charge is 2.37. The number of hydrogen-bond acceptors (Lipinski definition) is 6. The van der Waals surface area contributed by atoms with Crippen molar-refractivity contribution < 1.29 is 28.5 Å². The molecule has 9 heteroatoms. The van der Waals surface area contributed by atoms with Gasteiger partial charge in [0.25, 0.3) is 0 Å². The number of aromatic nitrogens is 2. The van der Waals surface area contributed by atoms with Gasteiger partial charge in [-0.3, -0.25) is 0 Å². The number of benzene rings is 2. The van der Waals surface area contributed by atoms with E-state index < -0.39 is 17.7 Å². The summed E-state index contributed by atoms with van der Waals surface area (Å²) in [5, 5.41) is 15.5. The van der Waals surface area contributed by atoms with Crippen LogP contribution in [0.25, 0.3) is 27.9 Å². The van der Waals surface area contributed by atoms with Gasteiger partial charge in [-0.1, -0.05) is 25.1 Å². The van der Waals surface area contributed by atoms with Crippen LogP contribution >= 0.6 is 0 Å². The number of ether oxygens (including phenoxy) is 3. The number of anilines is 1.